The van der Waals surface area contributed by atoms with Gasteiger partial charge in [-0.3, -0.25) is 9.10 Å². The van der Waals surface area contributed by atoms with Crippen molar-refractivity contribution in [2.75, 3.05) is 22.9 Å². The smallest absolute Gasteiger partial charge is 0.243 e. The van der Waals surface area contributed by atoms with Gasteiger partial charge in [-0.25, -0.2) is 8.42 Å². The number of thioether (sulfide) groups is 1. The zero-order chi connectivity index (χ0) is 19.4. The Balaban J connectivity index is 2.89. The van der Waals surface area contributed by atoms with Crippen LogP contribution in [0.1, 0.15) is 27.7 Å². The molecule has 0 heterocycles. The monoisotopic (exact) mass is 426 g/mol. The molecule has 0 aliphatic carbocycles. The lowest BCUT2D eigenvalue weighted by atomic mass is 10.2. The number of sulfonamides is 1. The van der Waals surface area contributed by atoms with Gasteiger partial charge in [0.15, 0.2) is 0 Å². The predicted octanol–water partition coefficient (Wildman–Crippen LogP) is 3.80. The average molecular weight is 427 g/mol. The first-order chi connectivity index (χ1) is 11.3. The molecule has 0 radical (unpaired) electrons. The third kappa shape index (κ3) is 7.25. The number of nitrogens with zero attached hydrogens (tertiary/aromatic N) is 1. The SMILES string of the molecule is C[C@H](C(=O)NCCSC(C)(C)C)N(c1ccc(Cl)c(Cl)c1)S(C)(=O)=O. The van der Waals surface area contributed by atoms with Crippen LogP contribution in [0.4, 0.5) is 5.69 Å². The van der Waals surface area contributed by atoms with Crippen LogP contribution in [0.2, 0.25) is 10.0 Å². The molecule has 25 heavy (non-hydrogen) atoms. The summed E-state index contributed by atoms with van der Waals surface area (Å²) in [6.07, 6.45) is 1.05. The zero-order valence-electron chi connectivity index (χ0n) is 15.0. The highest BCUT2D eigenvalue weighted by Crippen LogP contribution is 2.29. The van der Waals surface area contributed by atoms with E-state index >= 15 is 0 Å². The van der Waals surface area contributed by atoms with Gasteiger partial charge in [0.25, 0.3) is 0 Å². The number of carbonyl (C=O) groups is 1. The van der Waals surface area contributed by atoms with Gasteiger partial charge in [0, 0.05) is 17.0 Å². The number of hydrogen-bond acceptors (Lipinski definition) is 4. The van der Waals surface area contributed by atoms with Crippen molar-refractivity contribution in [1.82, 2.24) is 5.32 Å². The van der Waals surface area contributed by atoms with Crippen molar-refractivity contribution in [1.29, 1.82) is 0 Å². The minimum atomic E-state index is -3.68. The molecule has 1 aromatic carbocycles. The molecule has 0 spiro atoms. The molecule has 1 atom stereocenters. The molecule has 0 aliphatic heterocycles. The first kappa shape index (κ1) is 22.4. The second kappa shape index (κ2) is 8.84. The Hall–Kier alpha value is -0.630. The molecule has 0 saturated heterocycles. The fourth-order valence-corrected chi connectivity index (χ4v) is 4.39. The fourth-order valence-electron chi connectivity index (χ4n) is 2.11. The van der Waals surface area contributed by atoms with E-state index in [9.17, 15) is 13.2 Å². The lowest BCUT2D eigenvalue weighted by Gasteiger charge is -2.28. The highest BCUT2D eigenvalue weighted by molar-refractivity contribution is 8.00. The van der Waals surface area contributed by atoms with Gasteiger partial charge in [-0.2, -0.15) is 11.8 Å². The summed E-state index contributed by atoms with van der Waals surface area (Å²) in [7, 11) is -3.68. The quantitative estimate of drug-likeness (QED) is 0.673. The van der Waals surface area contributed by atoms with Crippen molar-refractivity contribution < 1.29 is 13.2 Å². The van der Waals surface area contributed by atoms with Crippen LogP contribution in [0.25, 0.3) is 0 Å². The molecular formula is C16H24Cl2N2O3S2. The Morgan fingerprint density at radius 3 is 2.36 bits per heavy atom. The van der Waals surface area contributed by atoms with Gasteiger partial charge in [0.05, 0.1) is 22.0 Å². The van der Waals surface area contributed by atoms with Gasteiger partial charge < -0.3 is 5.32 Å². The summed E-state index contributed by atoms with van der Waals surface area (Å²) in [6, 6.07) is 3.55. The third-order valence-corrected chi connectivity index (χ3v) is 6.44. The van der Waals surface area contributed by atoms with Crippen LogP contribution in [0.3, 0.4) is 0 Å². The molecule has 0 bridgehead atoms. The van der Waals surface area contributed by atoms with Gasteiger partial charge in [0.1, 0.15) is 6.04 Å². The molecule has 0 aromatic heterocycles. The molecule has 5 nitrogen and oxygen atoms in total. The van der Waals surface area contributed by atoms with E-state index in [2.05, 4.69) is 26.1 Å². The molecule has 1 aromatic rings. The maximum Gasteiger partial charge on any atom is 0.243 e. The molecule has 1 amide bonds. The Morgan fingerprint density at radius 1 is 1.28 bits per heavy atom. The average Bonchev–Trinajstić information content (AvgIpc) is 2.44. The summed E-state index contributed by atoms with van der Waals surface area (Å²) in [4.78, 5) is 12.4. The molecule has 1 N–H and O–H groups in total. The van der Waals surface area contributed by atoms with Gasteiger partial charge in [0.2, 0.25) is 15.9 Å². The van der Waals surface area contributed by atoms with Gasteiger partial charge in [-0.05, 0) is 25.1 Å². The van der Waals surface area contributed by atoms with Crippen molar-refractivity contribution in [2.45, 2.75) is 38.5 Å². The second-order valence-corrected chi connectivity index (χ2v) is 11.2. The van der Waals surface area contributed by atoms with Gasteiger partial charge in [-0.1, -0.05) is 44.0 Å². The van der Waals surface area contributed by atoms with Crippen molar-refractivity contribution in [3.63, 3.8) is 0 Å². The molecule has 0 aliphatic rings. The summed E-state index contributed by atoms with van der Waals surface area (Å²) < 4.78 is 25.6. The van der Waals surface area contributed by atoms with Crippen LogP contribution in [0, 0.1) is 0 Å². The number of hydrogen-bond donors (Lipinski definition) is 1. The number of nitrogens with one attached hydrogen (secondary N) is 1. The maximum atomic E-state index is 12.4. The van der Waals surface area contributed by atoms with Crippen molar-refractivity contribution in [2.24, 2.45) is 0 Å². The van der Waals surface area contributed by atoms with E-state index in [1.54, 1.807) is 11.8 Å². The van der Waals surface area contributed by atoms with Crippen LogP contribution in [0.15, 0.2) is 18.2 Å². The van der Waals surface area contributed by atoms with E-state index in [1.807, 2.05) is 0 Å². The van der Waals surface area contributed by atoms with Crippen molar-refractivity contribution >= 4 is 56.6 Å². The molecule has 0 unspecified atom stereocenters. The van der Waals surface area contributed by atoms with E-state index in [-0.39, 0.29) is 15.7 Å². The number of halogens is 2. The topological polar surface area (TPSA) is 66.5 Å². The number of carbonyl (C=O) groups excluding carboxylic acids is 1. The standard InChI is InChI=1S/C16H24Cl2N2O3S2/c1-11(15(21)19-8-9-24-16(2,3)4)20(25(5,22)23)12-6-7-13(17)14(18)10-12/h6-7,10-11H,8-9H2,1-5H3,(H,19,21)/t11-/m1/s1. The molecular weight excluding hydrogens is 403 g/mol. The number of rotatable bonds is 7. The van der Waals surface area contributed by atoms with E-state index in [4.69, 9.17) is 23.2 Å². The summed E-state index contributed by atoms with van der Waals surface area (Å²) in [6.45, 7) is 8.28. The summed E-state index contributed by atoms with van der Waals surface area (Å²) in [5.74, 6) is 0.374. The summed E-state index contributed by atoms with van der Waals surface area (Å²) in [5.41, 5.74) is 0.295. The second-order valence-electron chi connectivity index (χ2n) is 6.59. The zero-order valence-corrected chi connectivity index (χ0v) is 18.1. The van der Waals surface area contributed by atoms with E-state index < -0.39 is 16.1 Å². The molecule has 1 rings (SSSR count). The minimum absolute atomic E-state index is 0.106. The Morgan fingerprint density at radius 2 is 1.88 bits per heavy atom. The number of benzene rings is 1. The summed E-state index contributed by atoms with van der Waals surface area (Å²) in [5, 5.41) is 3.32. The Bertz CT molecular complexity index is 719. The molecule has 0 fully saturated rings. The van der Waals surface area contributed by atoms with Gasteiger partial charge in [-0.15, -0.1) is 0 Å². The lowest BCUT2D eigenvalue weighted by Crippen LogP contribution is -2.48. The minimum Gasteiger partial charge on any atom is -0.353 e. The highest BCUT2D eigenvalue weighted by Gasteiger charge is 2.29. The Kier molecular flexibility index (Phi) is 7.93. The normalized spacial score (nSPS) is 13.4. The van der Waals surface area contributed by atoms with E-state index in [0.29, 0.717) is 17.3 Å². The van der Waals surface area contributed by atoms with Crippen LogP contribution >= 0.6 is 35.0 Å². The van der Waals surface area contributed by atoms with Crippen LogP contribution in [0.5, 0.6) is 0 Å². The van der Waals surface area contributed by atoms with Crippen molar-refractivity contribution in [3.8, 4) is 0 Å². The van der Waals surface area contributed by atoms with Gasteiger partial charge >= 0.3 is 0 Å². The largest absolute Gasteiger partial charge is 0.353 e. The van der Waals surface area contributed by atoms with Crippen molar-refractivity contribution in [3.05, 3.63) is 28.2 Å². The van der Waals surface area contributed by atoms with Crippen LogP contribution in [-0.4, -0.2) is 43.7 Å². The predicted molar refractivity (Wildman–Crippen MR) is 108 cm³/mol. The van der Waals surface area contributed by atoms with E-state index in [0.717, 1.165) is 16.3 Å². The Labute approximate surface area is 164 Å². The van der Waals surface area contributed by atoms with Crippen LogP contribution in [-0.2, 0) is 14.8 Å². The number of amides is 1. The fraction of sp³-hybridized carbons (Fsp3) is 0.562. The highest BCUT2D eigenvalue weighted by atomic mass is 35.5. The number of anilines is 1. The third-order valence-electron chi connectivity index (χ3n) is 3.18. The van der Waals surface area contributed by atoms with Crippen LogP contribution < -0.4 is 9.62 Å². The lowest BCUT2D eigenvalue weighted by molar-refractivity contribution is -0.121. The first-order valence-electron chi connectivity index (χ1n) is 7.69. The molecule has 0 saturated carbocycles. The van der Waals surface area contributed by atoms with E-state index in [1.165, 1.54) is 25.1 Å². The first-order valence-corrected chi connectivity index (χ1v) is 11.3. The maximum absolute atomic E-state index is 12.4. The molecule has 9 heteroatoms. The molecule has 142 valence electrons. The summed E-state index contributed by atoms with van der Waals surface area (Å²) >= 11 is 13.6.